The number of fused-ring (bicyclic) bond motifs is 1. The lowest BCUT2D eigenvalue weighted by molar-refractivity contribution is -0.148. The average molecular weight is 559 g/mol. The lowest BCUT2D eigenvalue weighted by Crippen LogP contribution is -2.50. The Bertz CT molecular complexity index is 1670. The van der Waals surface area contributed by atoms with Crippen LogP contribution in [0.2, 0.25) is 0 Å². The number of halogens is 1. The van der Waals surface area contributed by atoms with E-state index in [0.717, 1.165) is 46.9 Å². The van der Waals surface area contributed by atoms with Gasteiger partial charge in [0.05, 0.1) is 35.5 Å². The van der Waals surface area contributed by atoms with Crippen LogP contribution in [0.15, 0.2) is 49.1 Å². The van der Waals surface area contributed by atoms with Crippen LogP contribution in [-0.4, -0.2) is 58.8 Å². The number of ether oxygens (including phenoxy) is 1. The van der Waals surface area contributed by atoms with Crippen molar-refractivity contribution in [3.63, 3.8) is 0 Å². The van der Waals surface area contributed by atoms with Crippen molar-refractivity contribution in [1.82, 2.24) is 45.5 Å². The number of pyridine rings is 2. The molecule has 0 spiro atoms. The second-order valence-electron chi connectivity index (χ2n) is 10.5. The zero-order valence-electron chi connectivity index (χ0n) is 23.0. The number of H-pyrrole nitrogens is 2. The molecular formula is C28H31FN10O2. The number of nitrogens with zero attached hydrogens (tertiary/aromatic N) is 6. The summed E-state index contributed by atoms with van der Waals surface area (Å²) in [6.07, 6.45) is 8.37. The second-order valence-corrected chi connectivity index (χ2v) is 10.5. The third kappa shape index (κ3) is 5.27. The molecule has 5 heterocycles. The molecule has 0 unspecified atom stereocenters. The average Bonchev–Trinajstić information content (AvgIpc) is 3.74. The van der Waals surface area contributed by atoms with Crippen molar-refractivity contribution >= 4 is 28.4 Å². The number of carbonyl (C=O) groups excluding carboxylic acids is 1. The van der Waals surface area contributed by atoms with E-state index >= 15 is 0 Å². The van der Waals surface area contributed by atoms with E-state index in [4.69, 9.17) is 9.72 Å². The lowest BCUT2D eigenvalue weighted by atomic mass is 9.76. The Morgan fingerprint density at radius 1 is 1.20 bits per heavy atom. The van der Waals surface area contributed by atoms with Crippen LogP contribution < -0.4 is 10.6 Å². The molecule has 1 aliphatic carbocycles. The van der Waals surface area contributed by atoms with Gasteiger partial charge in [0.15, 0.2) is 17.5 Å². The monoisotopic (exact) mass is 558 g/mol. The van der Waals surface area contributed by atoms with E-state index in [2.05, 4.69) is 41.1 Å². The van der Waals surface area contributed by atoms with Gasteiger partial charge in [0.2, 0.25) is 0 Å². The third-order valence-corrected chi connectivity index (χ3v) is 7.83. The first-order valence-electron chi connectivity index (χ1n) is 13.5. The number of hydrogen-bond donors (Lipinski definition) is 4. The summed E-state index contributed by atoms with van der Waals surface area (Å²) in [6, 6.07) is 7.23. The number of aromatic amines is 2. The zero-order chi connectivity index (χ0) is 28.6. The summed E-state index contributed by atoms with van der Waals surface area (Å²) in [4.78, 5) is 22.8. The quantitative estimate of drug-likeness (QED) is 0.219. The number of nitrogens with one attached hydrogen (secondary N) is 4. The van der Waals surface area contributed by atoms with Crippen molar-refractivity contribution < 1.29 is 13.9 Å². The van der Waals surface area contributed by atoms with Crippen LogP contribution in [0.4, 0.5) is 16.0 Å². The van der Waals surface area contributed by atoms with Crippen LogP contribution >= 0.6 is 0 Å². The summed E-state index contributed by atoms with van der Waals surface area (Å²) in [5.74, 6) is 1.42. The molecule has 41 heavy (non-hydrogen) atoms. The molecule has 1 aliphatic rings. The minimum atomic E-state index is -0.934. The Balaban J connectivity index is 1.13. The highest BCUT2D eigenvalue weighted by molar-refractivity contribution is 5.90. The zero-order valence-corrected chi connectivity index (χ0v) is 23.0. The second kappa shape index (κ2) is 10.7. The number of amides is 1. The maximum absolute atomic E-state index is 13.5. The number of aromatic nitrogens is 8. The SMILES string of the molecule is COC1(C(=O)N[C@@H](C)c2ccc(-n3cc(F)cn3)nc2)CCC(c2cc3[nH]ncc3c(Nc3cc(C)[nH]n3)n2)CC1. The Morgan fingerprint density at radius 3 is 2.68 bits per heavy atom. The van der Waals surface area contributed by atoms with Gasteiger partial charge in [0, 0.05) is 36.7 Å². The highest BCUT2D eigenvalue weighted by Gasteiger charge is 2.43. The van der Waals surface area contributed by atoms with Crippen molar-refractivity contribution in [1.29, 1.82) is 0 Å². The number of anilines is 2. The van der Waals surface area contributed by atoms with Crippen LogP contribution in [0.5, 0.6) is 0 Å². The predicted octanol–water partition coefficient (Wildman–Crippen LogP) is 4.37. The molecule has 0 aromatic carbocycles. The van der Waals surface area contributed by atoms with E-state index in [1.807, 2.05) is 32.0 Å². The van der Waals surface area contributed by atoms with Gasteiger partial charge in [0.25, 0.3) is 5.91 Å². The molecule has 5 aromatic rings. The van der Waals surface area contributed by atoms with E-state index in [1.165, 1.54) is 10.9 Å². The highest BCUT2D eigenvalue weighted by atomic mass is 19.1. The maximum atomic E-state index is 13.5. The van der Waals surface area contributed by atoms with Crippen LogP contribution in [0, 0.1) is 12.7 Å². The number of hydrogen-bond acceptors (Lipinski definition) is 8. The van der Waals surface area contributed by atoms with Gasteiger partial charge in [0.1, 0.15) is 11.4 Å². The number of aryl methyl sites for hydroxylation is 1. The first-order valence-corrected chi connectivity index (χ1v) is 13.5. The van der Waals surface area contributed by atoms with Gasteiger partial charge in [-0.25, -0.2) is 19.0 Å². The molecule has 0 radical (unpaired) electrons. The summed E-state index contributed by atoms with van der Waals surface area (Å²) in [5.41, 5.74) is 2.65. The van der Waals surface area contributed by atoms with E-state index in [9.17, 15) is 9.18 Å². The topological polar surface area (TPSA) is 151 Å². The maximum Gasteiger partial charge on any atom is 0.252 e. The molecule has 13 heteroatoms. The molecule has 12 nitrogen and oxygen atoms in total. The Labute approximate surface area is 235 Å². The van der Waals surface area contributed by atoms with Crippen molar-refractivity contribution in [2.24, 2.45) is 0 Å². The first-order chi connectivity index (χ1) is 19.8. The van der Waals surface area contributed by atoms with Gasteiger partial charge in [-0.3, -0.25) is 15.0 Å². The minimum Gasteiger partial charge on any atom is -0.368 e. The Kier molecular flexibility index (Phi) is 6.95. The summed E-state index contributed by atoms with van der Waals surface area (Å²) in [5, 5.41) is 25.7. The number of rotatable bonds is 8. The van der Waals surface area contributed by atoms with E-state index in [0.29, 0.717) is 30.3 Å². The largest absolute Gasteiger partial charge is 0.368 e. The number of carbonyl (C=O) groups is 1. The van der Waals surface area contributed by atoms with Crippen molar-refractivity contribution in [2.75, 3.05) is 12.4 Å². The summed E-state index contributed by atoms with van der Waals surface area (Å²) < 4.78 is 20.5. The lowest BCUT2D eigenvalue weighted by Gasteiger charge is -2.38. The van der Waals surface area contributed by atoms with Crippen LogP contribution in [-0.2, 0) is 9.53 Å². The van der Waals surface area contributed by atoms with Gasteiger partial charge < -0.3 is 15.4 Å². The smallest absolute Gasteiger partial charge is 0.252 e. The van der Waals surface area contributed by atoms with Crippen molar-refractivity contribution in [3.8, 4) is 5.82 Å². The first kappa shape index (κ1) is 26.6. The normalized spacial score (nSPS) is 19.8. The van der Waals surface area contributed by atoms with Gasteiger partial charge in [-0.05, 0) is 57.2 Å². The van der Waals surface area contributed by atoms with Crippen molar-refractivity contribution in [2.45, 2.75) is 57.1 Å². The predicted molar refractivity (Wildman–Crippen MR) is 149 cm³/mol. The van der Waals surface area contributed by atoms with E-state index in [-0.39, 0.29) is 17.9 Å². The van der Waals surface area contributed by atoms with Gasteiger partial charge in [-0.1, -0.05) is 6.07 Å². The fourth-order valence-corrected chi connectivity index (χ4v) is 5.40. The van der Waals surface area contributed by atoms with Crippen molar-refractivity contribution in [3.05, 3.63) is 71.8 Å². The molecule has 1 fully saturated rings. The fourth-order valence-electron chi connectivity index (χ4n) is 5.40. The molecule has 1 atom stereocenters. The summed E-state index contributed by atoms with van der Waals surface area (Å²) >= 11 is 0. The molecular weight excluding hydrogens is 527 g/mol. The standard InChI is InChI=1S/C28H31FN10O2/c1-16-10-24(38-36-16)35-26-21-14-31-37-23(21)11-22(34-26)18-6-8-28(41-3,9-7-18)27(40)33-17(2)19-4-5-25(30-12-19)39-15-20(29)13-32-39/h4-5,10-15,17-18H,6-9H2,1-3H3,(H,31,37)(H,33,40)(H2,34,35,36,38)/t17-,18?,28?/m0/s1. The van der Waals surface area contributed by atoms with E-state index in [1.54, 1.807) is 25.6 Å². The Morgan fingerprint density at radius 2 is 2.02 bits per heavy atom. The van der Waals surface area contributed by atoms with Crippen LogP contribution in [0.25, 0.3) is 16.7 Å². The molecule has 0 aliphatic heterocycles. The minimum absolute atomic E-state index is 0.154. The fraction of sp³-hybridized carbons (Fsp3) is 0.357. The van der Waals surface area contributed by atoms with E-state index < -0.39 is 11.4 Å². The summed E-state index contributed by atoms with van der Waals surface area (Å²) in [6.45, 7) is 3.84. The van der Waals surface area contributed by atoms with Gasteiger partial charge >= 0.3 is 0 Å². The van der Waals surface area contributed by atoms with Gasteiger partial charge in [-0.2, -0.15) is 15.3 Å². The van der Waals surface area contributed by atoms with Crippen LogP contribution in [0.3, 0.4) is 0 Å². The molecule has 0 saturated heterocycles. The third-order valence-electron chi connectivity index (χ3n) is 7.83. The summed E-state index contributed by atoms with van der Waals surface area (Å²) in [7, 11) is 1.59. The number of methoxy groups -OCH3 is 1. The highest BCUT2D eigenvalue weighted by Crippen LogP contribution is 2.41. The van der Waals surface area contributed by atoms with Gasteiger partial charge in [-0.15, -0.1) is 0 Å². The molecule has 0 bridgehead atoms. The molecule has 5 aromatic heterocycles. The molecule has 6 rings (SSSR count). The molecule has 4 N–H and O–H groups in total. The van der Waals surface area contributed by atoms with Crippen LogP contribution in [0.1, 0.15) is 61.5 Å². The Hall–Kier alpha value is -4.65. The molecule has 1 amide bonds. The molecule has 1 saturated carbocycles. The molecule has 212 valence electrons.